The first-order valence-electron chi connectivity index (χ1n) is 5.98. The van der Waals surface area contributed by atoms with Crippen LogP contribution in [-0.4, -0.2) is 25.8 Å². The van der Waals surface area contributed by atoms with Crippen molar-refractivity contribution in [1.82, 2.24) is 14.8 Å². The van der Waals surface area contributed by atoms with Gasteiger partial charge >= 0.3 is 5.97 Å². The molecule has 0 spiro atoms. The van der Waals surface area contributed by atoms with Crippen molar-refractivity contribution in [2.24, 2.45) is 0 Å². The molecule has 0 aliphatic carbocycles. The fourth-order valence-corrected chi connectivity index (χ4v) is 2.35. The van der Waals surface area contributed by atoms with E-state index < -0.39 is 5.97 Å². The number of hydrogen-bond acceptors (Lipinski definition) is 3. The molecule has 1 heterocycles. The normalized spacial score (nSPS) is 10.7. The number of carboxylic acids is 1. The summed E-state index contributed by atoms with van der Waals surface area (Å²) in [6.45, 7) is 3.98. The fraction of sp³-hybridized carbons (Fsp3) is 0.308. The molecule has 19 heavy (non-hydrogen) atoms. The van der Waals surface area contributed by atoms with Crippen molar-refractivity contribution in [1.29, 1.82) is 0 Å². The zero-order chi connectivity index (χ0) is 14.0. The lowest BCUT2D eigenvalue weighted by molar-refractivity contribution is 0.0683. The third-order valence-electron chi connectivity index (χ3n) is 2.73. The first-order valence-corrected chi connectivity index (χ1v) is 6.78. The molecule has 0 saturated carbocycles. The molecule has 0 radical (unpaired) electrons. The minimum Gasteiger partial charge on any atom is -0.475 e. The SMILES string of the molecule is CCCc1nc(C(=O)O)nn1-c1ccc(Br)cc1C. The van der Waals surface area contributed by atoms with Gasteiger partial charge in [0.2, 0.25) is 0 Å². The number of aromatic carboxylic acids is 1. The largest absolute Gasteiger partial charge is 0.475 e. The molecule has 0 fully saturated rings. The lowest BCUT2D eigenvalue weighted by Gasteiger charge is -2.08. The van der Waals surface area contributed by atoms with Crippen LogP contribution in [0.15, 0.2) is 22.7 Å². The minimum absolute atomic E-state index is 0.161. The third-order valence-corrected chi connectivity index (χ3v) is 3.22. The minimum atomic E-state index is -1.11. The number of carboxylic acid groups (broad SMARTS) is 1. The van der Waals surface area contributed by atoms with Crippen molar-refractivity contribution in [3.05, 3.63) is 39.9 Å². The van der Waals surface area contributed by atoms with Crippen LogP contribution in [0.4, 0.5) is 0 Å². The van der Waals surface area contributed by atoms with Crippen LogP contribution >= 0.6 is 15.9 Å². The molecule has 1 aromatic heterocycles. The van der Waals surface area contributed by atoms with Gasteiger partial charge in [0.05, 0.1) is 5.69 Å². The molecule has 0 amide bonds. The highest BCUT2D eigenvalue weighted by molar-refractivity contribution is 9.10. The van der Waals surface area contributed by atoms with Crippen LogP contribution in [0.3, 0.4) is 0 Å². The van der Waals surface area contributed by atoms with Gasteiger partial charge in [-0.15, -0.1) is 5.10 Å². The maximum Gasteiger partial charge on any atom is 0.375 e. The molecule has 1 N–H and O–H groups in total. The summed E-state index contributed by atoms with van der Waals surface area (Å²) >= 11 is 3.41. The molecule has 0 bridgehead atoms. The van der Waals surface area contributed by atoms with Gasteiger partial charge in [0.15, 0.2) is 0 Å². The van der Waals surface area contributed by atoms with Gasteiger partial charge in [-0.05, 0) is 37.1 Å². The Morgan fingerprint density at radius 2 is 2.21 bits per heavy atom. The van der Waals surface area contributed by atoms with Gasteiger partial charge in [-0.3, -0.25) is 0 Å². The molecular weight excluding hydrogens is 310 g/mol. The number of halogens is 1. The van der Waals surface area contributed by atoms with E-state index in [9.17, 15) is 4.79 Å². The summed E-state index contributed by atoms with van der Waals surface area (Å²) in [4.78, 5) is 15.1. The Morgan fingerprint density at radius 3 is 2.79 bits per heavy atom. The summed E-state index contributed by atoms with van der Waals surface area (Å²) in [5.41, 5.74) is 1.86. The zero-order valence-corrected chi connectivity index (χ0v) is 12.3. The Balaban J connectivity index is 2.56. The second kappa shape index (κ2) is 5.52. The Labute approximate surface area is 119 Å². The number of carbonyl (C=O) groups is 1. The van der Waals surface area contributed by atoms with Gasteiger partial charge < -0.3 is 5.11 Å². The van der Waals surface area contributed by atoms with E-state index in [1.54, 1.807) is 4.68 Å². The van der Waals surface area contributed by atoms with E-state index in [4.69, 9.17) is 5.11 Å². The van der Waals surface area contributed by atoms with E-state index in [2.05, 4.69) is 26.0 Å². The van der Waals surface area contributed by atoms with Crippen LogP contribution in [0.1, 0.15) is 35.4 Å². The molecule has 5 nitrogen and oxygen atoms in total. The number of hydrogen-bond donors (Lipinski definition) is 1. The van der Waals surface area contributed by atoms with Crippen LogP contribution < -0.4 is 0 Å². The predicted octanol–water partition coefficient (Wildman–Crippen LogP) is 2.99. The van der Waals surface area contributed by atoms with E-state index >= 15 is 0 Å². The van der Waals surface area contributed by atoms with Crippen molar-refractivity contribution in [2.45, 2.75) is 26.7 Å². The highest BCUT2D eigenvalue weighted by Gasteiger charge is 2.16. The molecule has 0 unspecified atom stereocenters. The number of benzene rings is 1. The molecule has 2 aromatic rings. The Kier molecular flexibility index (Phi) is 3.99. The Hall–Kier alpha value is -1.69. The standard InChI is InChI=1S/C13H14BrN3O2/c1-3-4-11-15-12(13(18)19)16-17(11)10-6-5-9(14)7-8(10)2/h5-7H,3-4H2,1-2H3,(H,18,19). The van der Waals surface area contributed by atoms with Gasteiger partial charge in [0.25, 0.3) is 5.82 Å². The van der Waals surface area contributed by atoms with Gasteiger partial charge in [-0.1, -0.05) is 22.9 Å². The summed E-state index contributed by atoms with van der Waals surface area (Å²) in [6.07, 6.45) is 1.57. The van der Waals surface area contributed by atoms with Crippen LogP contribution in [0.2, 0.25) is 0 Å². The maximum atomic E-state index is 11.0. The summed E-state index contributed by atoms with van der Waals surface area (Å²) in [5, 5.41) is 13.1. The van der Waals surface area contributed by atoms with E-state index in [0.717, 1.165) is 22.1 Å². The van der Waals surface area contributed by atoms with Gasteiger partial charge in [0, 0.05) is 10.9 Å². The van der Waals surface area contributed by atoms with E-state index in [-0.39, 0.29) is 5.82 Å². The number of rotatable bonds is 4. The Bertz CT molecular complexity index is 622. The lowest BCUT2D eigenvalue weighted by atomic mass is 10.2. The summed E-state index contributed by atoms with van der Waals surface area (Å²) in [7, 11) is 0. The molecule has 1 aromatic carbocycles. The van der Waals surface area contributed by atoms with Crippen molar-refractivity contribution in [2.75, 3.05) is 0 Å². The van der Waals surface area contributed by atoms with E-state index in [0.29, 0.717) is 12.2 Å². The molecule has 0 aliphatic heterocycles. The van der Waals surface area contributed by atoms with Crippen molar-refractivity contribution in [3.63, 3.8) is 0 Å². The van der Waals surface area contributed by atoms with E-state index in [1.165, 1.54) is 0 Å². The van der Waals surface area contributed by atoms with Crippen LogP contribution in [0, 0.1) is 6.92 Å². The quantitative estimate of drug-likeness (QED) is 0.939. The van der Waals surface area contributed by atoms with Crippen LogP contribution in [0.25, 0.3) is 5.69 Å². The molecule has 6 heteroatoms. The molecule has 100 valence electrons. The number of aromatic nitrogens is 3. The van der Waals surface area contributed by atoms with Crippen molar-refractivity contribution < 1.29 is 9.90 Å². The molecule has 0 saturated heterocycles. The fourth-order valence-electron chi connectivity index (χ4n) is 1.87. The van der Waals surface area contributed by atoms with Crippen molar-refractivity contribution >= 4 is 21.9 Å². The van der Waals surface area contributed by atoms with Gasteiger partial charge in [-0.25, -0.2) is 14.5 Å². The van der Waals surface area contributed by atoms with Crippen LogP contribution in [-0.2, 0) is 6.42 Å². The Morgan fingerprint density at radius 1 is 1.47 bits per heavy atom. The first-order chi connectivity index (χ1) is 9.02. The van der Waals surface area contributed by atoms with Gasteiger partial charge in [0.1, 0.15) is 5.82 Å². The van der Waals surface area contributed by atoms with Crippen molar-refractivity contribution in [3.8, 4) is 5.69 Å². The maximum absolute atomic E-state index is 11.0. The highest BCUT2D eigenvalue weighted by Crippen LogP contribution is 2.20. The molecule has 2 rings (SSSR count). The molecule has 0 atom stereocenters. The second-order valence-corrected chi connectivity index (χ2v) is 5.17. The molecular formula is C13H14BrN3O2. The van der Waals surface area contributed by atoms with Gasteiger partial charge in [-0.2, -0.15) is 0 Å². The zero-order valence-electron chi connectivity index (χ0n) is 10.7. The molecule has 0 aliphatic rings. The average molecular weight is 324 g/mol. The number of nitrogens with zero attached hydrogens (tertiary/aromatic N) is 3. The lowest BCUT2D eigenvalue weighted by Crippen LogP contribution is -2.05. The predicted molar refractivity (Wildman–Crippen MR) is 74.8 cm³/mol. The van der Waals surface area contributed by atoms with E-state index in [1.807, 2.05) is 32.0 Å². The first kappa shape index (κ1) is 13.7. The summed E-state index contributed by atoms with van der Waals surface area (Å²) in [6, 6.07) is 5.77. The second-order valence-electron chi connectivity index (χ2n) is 4.25. The monoisotopic (exact) mass is 323 g/mol. The average Bonchev–Trinajstić information content (AvgIpc) is 2.74. The number of aryl methyl sites for hydroxylation is 2. The smallest absolute Gasteiger partial charge is 0.375 e. The summed E-state index contributed by atoms with van der Waals surface area (Å²) in [5.74, 6) is -0.595. The topological polar surface area (TPSA) is 68.0 Å². The highest BCUT2D eigenvalue weighted by atomic mass is 79.9. The summed E-state index contributed by atoms with van der Waals surface area (Å²) < 4.78 is 2.60. The third kappa shape index (κ3) is 2.84. The van der Waals surface area contributed by atoms with Crippen LogP contribution in [0.5, 0.6) is 0 Å².